The summed E-state index contributed by atoms with van der Waals surface area (Å²) < 4.78 is 31.4. The van der Waals surface area contributed by atoms with Crippen LogP contribution in [0.25, 0.3) is 0 Å². The van der Waals surface area contributed by atoms with Gasteiger partial charge in [0.1, 0.15) is 16.5 Å². The van der Waals surface area contributed by atoms with Crippen molar-refractivity contribution in [2.45, 2.75) is 18.7 Å². The maximum absolute atomic E-state index is 12.4. The Morgan fingerprint density at radius 3 is 2.57 bits per heavy atom. The Kier molecular flexibility index (Phi) is 7.47. The second-order valence-electron chi connectivity index (χ2n) is 5.56. The lowest BCUT2D eigenvalue weighted by Crippen LogP contribution is -2.30. The standard InChI is InChI=1S/C18H22N4O5S/c1-3-22(4-2)28(25,26)15-9-10-17(19-12-15)21-20-11-14-7-5-6-8-16(14)27-13-18(23)24/h5-12H,3-4,13H2,1-2H3,(H,19,21)(H,23,24)/b20-11-. The van der Waals surface area contributed by atoms with E-state index in [9.17, 15) is 13.2 Å². The van der Waals surface area contributed by atoms with Crippen molar-refractivity contribution < 1.29 is 23.1 Å². The predicted molar refractivity (Wildman–Crippen MR) is 105 cm³/mol. The first-order valence-electron chi connectivity index (χ1n) is 8.57. The third-order valence-corrected chi connectivity index (χ3v) is 5.77. The molecule has 1 heterocycles. The first kappa shape index (κ1) is 21.3. The SMILES string of the molecule is CCN(CC)S(=O)(=O)c1ccc(N/N=C\c2ccccc2OCC(=O)O)nc1. The molecule has 0 atom stereocenters. The van der Waals surface area contributed by atoms with Crippen LogP contribution in [-0.2, 0) is 14.8 Å². The summed E-state index contributed by atoms with van der Waals surface area (Å²) in [5.41, 5.74) is 3.28. The van der Waals surface area contributed by atoms with Crippen LogP contribution in [0.2, 0.25) is 0 Å². The summed E-state index contributed by atoms with van der Waals surface area (Å²) in [5, 5.41) is 12.7. The molecule has 0 aliphatic rings. The molecule has 0 fully saturated rings. The fourth-order valence-electron chi connectivity index (χ4n) is 2.34. The molecule has 0 saturated heterocycles. The number of nitrogens with one attached hydrogen (secondary N) is 1. The summed E-state index contributed by atoms with van der Waals surface area (Å²) in [6, 6.07) is 9.81. The summed E-state index contributed by atoms with van der Waals surface area (Å²) in [5.74, 6) is -0.337. The number of anilines is 1. The molecule has 0 saturated carbocycles. The monoisotopic (exact) mass is 406 g/mol. The number of ether oxygens (including phenoxy) is 1. The molecule has 0 spiro atoms. The molecule has 9 nitrogen and oxygen atoms in total. The summed E-state index contributed by atoms with van der Waals surface area (Å²) in [4.78, 5) is 14.8. The first-order chi connectivity index (χ1) is 13.4. The lowest BCUT2D eigenvalue weighted by Gasteiger charge is -2.18. The molecule has 0 radical (unpaired) electrons. The van der Waals surface area contributed by atoms with E-state index in [0.29, 0.717) is 30.2 Å². The van der Waals surface area contributed by atoms with Gasteiger partial charge in [0.15, 0.2) is 6.61 Å². The number of hydrazone groups is 1. The number of nitrogens with zero attached hydrogens (tertiary/aromatic N) is 3. The maximum Gasteiger partial charge on any atom is 0.341 e. The maximum atomic E-state index is 12.4. The summed E-state index contributed by atoms with van der Waals surface area (Å²) in [6.07, 6.45) is 2.73. The Morgan fingerprint density at radius 2 is 1.96 bits per heavy atom. The normalized spacial score (nSPS) is 11.7. The molecule has 1 aromatic carbocycles. The fraction of sp³-hybridized carbons (Fsp3) is 0.278. The summed E-state index contributed by atoms with van der Waals surface area (Å²) in [6.45, 7) is 3.86. The van der Waals surface area contributed by atoms with E-state index in [1.165, 1.54) is 28.8 Å². The van der Waals surface area contributed by atoms with E-state index in [0.717, 1.165) is 0 Å². The van der Waals surface area contributed by atoms with E-state index in [1.54, 1.807) is 38.1 Å². The van der Waals surface area contributed by atoms with E-state index < -0.39 is 22.6 Å². The van der Waals surface area contributed by atoms with Crippen molar-refractivity contribution in [3.8, 4) is 5.75 Å². The molecule has 1 aromatic heterocycles. The van der Waals surface area contributed by atoms with Crippen LogP contribution in [0.5, 0.6) is 5.75 Å². The van der Waals surface area contributed by atoms with E-state index in [4.69, 9.17) is 9.84 Å². The third kappa shape index (κ3) is 5.51. The second-order valence-corrected chi connectivity index (χ2v) is 7.50. The van der Waals surface area contributed by atoms with Crippen molar-refractivity contribution >= 4 is 28.0 Å². The molecule has 2 rings (SSSR count). The largest absolute Gasteiger partial charge is 0.481 e. The van der Waals surface area contributed by atoms with Crippen molar-refractivity contribution in [3.63, 3.8) is 0 Å². The van der Waals surface area contributed by atoms with Gasteiger partial charge in [-0.25, -0.2) is 18.2 Å². The van der Waals surface area contributed by atoms with E-state index in [2.05, 4.69) is 15.5 Å². The molecular weight excluding hydrogens is 384 g/mol. The Morgan fingerprint density at radius 1 is 1.25 bits per heavy atom. The van der Waals surface area contributed by atoms with Crippen LogP contribution in [0.1, 0.15) is 19.4 Å². The Balaban J connectivity index is 2.07. The molecule has 150 valence electrons. The molecule has 0 bridgehead atoms. The number of rotatable bonds is 10. The number of carboxylic acid groups (broad SMARTS) is 1. The smallest absolute Gasteiger partial charge is 0.341 e. The topological polar surface area (TPSA) is 121 Å². The van der Waals surface area contributed by atoms with E-state index in [1.807, 2.05) is 0 Å². The quantitative estimate of drug-likeness (QED) is 0.457. The summed E-state index contributed by atoms with van der Waals surface area (Å²) in [7, 11) is -3.56. The average molecular weight is 406 g/mol. The molecule has 28 heavy (non-hydrogen) atoms. The van der Waals surface area contributed by atoms with Gasteiger partial charge in [-0.1, -0.05) is 26.0 Å². The zero-order valence-electron chi connectivity index (χ0n) is 15.6. The van der Waals surface area contributed by atoms with E-state index in [-0.39, 0.29) is 4.90 Å². The highest BCUT2D eigenvalue weighted by atomic mass is 32.2. The van der Waals surface area contributed by atoms with Gasteiger partial charge in [0.25, 0.3) is 0 Å². The summed E-state index contributed by atoms with van der Waals surface area (Å²) >= 11 is 0. The predicted octanol–water partition coefficient (Wildman–Crippen LogP) is 2.02. The van der Waals surface area contributed by atoms with Gasteiger partial charge in [-0.15, -0.1) is 0 Å². The number of hydrogen-bond acceptors (Lipinski definition) is 7. The Hall–Kier alpha value is -2.98. The van der Waals surface area contributed by atoms with Crippen LogP contribution in [0.4, 0.5) is 5.82 Å². The number of carbonyl (C=O) groups is 1. The highest BCUT2D eigenvalue weighted by molar-refractivity contribution is 7.89. The van der Waals surface area contributed by atoms with Crippen LogP contribution < -0.4 is 10.2 Å². The molecule has 0 aliphatic heterocycles. The zero-order valence-corrected chi connectivity index (χ0v) is 16.4. The average Bonchev–Trinajstić information content (AvgIpc) is 2.68. The van der Waals surface area contributed by atoms with Gasteiger partial charge in [-0.3, -0.25) is 5.43 Å². The second kappa shape index (κ2) is 9.81. The van der Waals surface area contributed by atoms with E-state index >= 15 is 0 Å². The molecule has 2 N–H and O–H groups in total. The van der Waals surface area contributed by atoms with Crippen LogP contribution in [0, 0.1) is 0 Å². The van der Waals surface area contributed by atoms with Gasteiger partial charge in [0.2, 0.25) is 10.0 Å². The number of aromatic nitrogens is 1. The van der Waals surface area contributed by atoms with Gasteiger partial charge < -0.3 is 9.84 Å². The number of carboxylic acids is 1. The number of sulfonamides is 1. The van der Waals surface area contributed by atoms with Gasteiger partial charge in [0.05, 0.1) is 6.21 Å². The van der Waals surface area contributed by atoms with Crippen molar-refractivity contribution in [1.29, 1.82) is 0 Å². The van der Waals surface area contributed by atoms with Gasteiger partial charge >= 0.3 is 5.97 Å². The lowest BCUT2D eigenvalue weighted by atomic mass is 10.2. The number of hydrogen-bond donors (Lipinski definition) is 2. The van der Waals surface area contributed by atoms with Crippen molar-refractivity contribution in [2.24, 2.45) is 5.10 Å². The Labute approximate surface area is 163 Å². The molecule has 0 aliphatic carbocycles. The van der Waals surface area contributed by atoms with Crippen LogP contribution >= 0.6 is 0 Å². The highest BCUT2D eigenvalue weighted by Gasteiger charge is 2.21. The van der Waals surface area contributed by atoms with Gasteiger partial charge in [-0.2, -0.15) is 9.41 Å². The van der Waals surface area contributed by atoms with Gasteiger partial charge in [0, 0.05) is 24.8 Å². The van der Waals surface area contributed by atoms with Crippen LogP contribution in [-0.4, -0.2) is 54.7 Å². The zero-order chi connectivity index (χ0) is 20.6. The Bertz CT molecular complexity index is 925. The molecule has 2 aromatic rings. The van der Waals surface area contributed by atoms with Gasteiger partial charge in [-0.05, 0) is 24.3 Å². The van der Waals surface area contributed by atoms with Crippen molar-refractivity contribution in [2.75, 3.05) is 25.1 Å². The fourth-order valence-corrected chi connectivity index (χ4v) is 3.74. The minimum Gasteiger partial charge on any atom is -0.481 e. The number of aliphatic carboxylic acids is 1. The highest BCUT2D eigenvalue weighted by Crippen LogP contribution is 2.17. The number of benzene rings is 1. The minimum atomic E-state index is -3.56. The lowest BCUT2D eigenvalue weighted by molar-refractivity contribution is -0.139. The van der Waals surface area contributed by atoms with Crippen LogP contribution in [0.15, 0.2) is 52.6 Å². The molecular formula is C18H22N4O5S. The van der Waals surface area contributed by atoms with Crippen LogP contribution in [0.3, 0.4) is 0 Å². The number of para-hydroxylation sites is 1. The molecule has 0 unspecified atom stereocenters. The van der Waals surface area contributed by atoms with Crippen molar-refractivity contribution in [1.82, 2.24) is 9.29 Å². The first-order valence-corrected chi connectivity index (χ1v) is 10.0. The third-order valence-electron chi connectivity index (χ3n) is 3.73. The van der Waals surface area contributed by atoms with Crippen molar-refractivity contribution in [3.05, 3.63) is 48.2 Å². The molecule has 0 amide bonds. The number of pyridine rings is 1. The molecule has 10 heteroatoms. The minimum absolute atomic E-state index is 0.109.